The molecule has 6 rings (SSSR count). The molecule has 5 heterocycles. The van der Waals surface area contributed by atoms with E-state index in [9.17, 15) is 0 Å². The van der Waals surface area contributed by atoms with Crippen molar-refractivity contribution in [2.24, 2.45) is 0 Å². The maximum absolute atomic E-state index is 4.37. The van der Waals surface area contributed by atoms with Gasteiger partial charge in [-0.15, -0.1) is 0 Å². The van der Waals surface area contributed by atoms with Gasteiger partial charge in [0.25, 0.3) is 0 Å². The number of hydrogen-bond acceptors (Lipinski definition) is 8. The molecule has 302 valence electrons. The number of aryl methyl sites for hydroxylation is 1. The van der Waals surface area contributed by atoms with Crippen LogP contribution in [0.15, 0.2) is 110 Å². The van der Waals surface area contributed by atoms with Crippen molar-refractivity contribution < 1.29 is 0 Å². The van der Waals surface area contributed by atoms with E-state index in [2.05, 4.69) is 175 Å². The second kappa shape index (κ2) is 21.4. The van der Waals surface area contributed by atoms with Crippen molar-refractivity contribution in [1.29, 1.82) is 0 Å². The van der Waals surface area contributed by atoms with E-state index in [-0.39, 0.29) is 34.5 Å². The number of benzene rings is 1. The van der Waals surface area contributed by atoms with Crippen molar-refractivity contribution in [3.63, 3.8) is 0 Å². The molecule has 0 bridgehead atoms. The third-order valence-corrected chi connectivity index (χ3v) is 8.06. The first-order valence-corrected chi connectivity index (χ1v) is 19.0. The highest BCUT2D eigenvalue weighted by atomic mass is 15.1. The highest BCUT2D eigenvalue weighted by Crippen LogP contribution is 2.26. The van der Waals surface area contributed by atoms with Crippen LogP contribution in [0.3, 0.4) is 0 Å². The van der Waals surface area contributed by atoms with Crippen LogP contribution in [0.25, 0.3) is 10.9 Å². The predicted molar refractivity (Wildman–Crippen MR) is 237 cm³/mol. The van der Waals surface area contributed by atoms with Gasteiger partial charge in [-0.05, 0) is 55.0 Å². The van der Waals surface area contributed by atoms with Crippen LogP contribution in [0, 0.1) is 6.92 Å². The first kappa shape index (κ1) is 49.0. The Morgan fingerprint density at radius 3 is 1.38 bits per heavy atom. The fourth-order valence-corrected chi connectivity index (χ4v) is 4.76. The SMILES string of the molecule is C.CC(C)(C)c1ccccn1.CC(C)(C)c1cccnn1.CC(C)(C)c1ccncn1.CC(C)(C)c1ncnc2ccccc12.Cc1ccc(C(C)(C)C)nc1. The van der Waals surface area contributed by atoms with Gasteiger partial charge in [-0.2, -0.15) is 10.2 Å². The maximum Gasteiger partial charge on any atom is 0.116 e. The number of aromatic nitrogens is 8. The molecule has 0 amide bonds. The molecule has 0 atom stereocenters. The van der Waals surface area contributed by atoms with Crippen molar-refractivity contribution in [2.75, 3.05) is 0 Å². The summed E-state index contributed by atoms with van der Waals surface area (Å²) in [5.41, 5.74) is 8.47. The van der Waals surface area contributed by atoms with Crippen LogP contribution < -0.4 is 0 Å². The molecule has 0 aliphatic carbocycles. The van der Waals surface area contributed by atoms with E-state index >= 15 is 0 Å². The molecule has 56 heavy (non-hydrogen) atoms. The van der Waals surface area contributed by atoms with Crippen LogP contribution >= 0.6 is 0 Å². The zero-order valence-electron chi connectivity index (χ0n) is 36.5. The highest BCUT2D eigenvalue weighted by Gasteiger charge is 2.19. The van der Waals surface area contributed by atoms with Crippen molar-refractivity contribution in [2.45, 2.75) is 145 Å². The van der Waals surface area contributed by atoms with E-state index in [1.165, 1.54) is 5.56 Å². The van der Waals surface area contributed by atoms with Gasteiger partial charge in [0.2, 0.25) is 0 Å². The standard InChI is InChI=1S/C12H14N2.C10H15N.C9H13N.2C8H12N2.CH4/c1-12(2,3)11-9-6-4-5-7-10(9)13-8-14-11;1-8-5-6-9(11-7-8)10(2,3)4;1-9(2,3)8-6-4-5-7-10-8;1-8(2,3)7-4-5-9-6-10-7;1-8(2,3)7-5-4-6-9-10-7;/h4-8H,1-3H3;5-7H,1-4H3;4-7H,1-3H3;2*4-6H,1-3H3;1H4. The molecule has 6 aromatic rings. The van der Waals surface area contributed by atoms with Gasteiger partial charge in [-0.25, -0.2) is 19.9 Å². The minimum absolute atomic E-state index is 0. The van der Waals surface area contributed by atoms with Crippen molar-refractivity contribution in [1.82, 2.24) is 40.1 Å². The van der Waals surface area contributed by atoms with Crippen LogP contribution in [0.2, 0.25) is 0 Å². The number of fused-ring (bicyclic) bond motifs is 1. The van der Waals surface area contributed by atoms with Gasteiger partial charge < -0.3 is 0 Å². The number of hydrogen-bond donors (Lipinski definition) is 0. The molecule has 0 fully saturated rings. The minimum Gasteiger partial charge on any atom is -0.261 e. The summed E-state index contributed by atoms with van der Waals surface area (Å²) < 4.78 is 0. The Hall–Kier alpha value is -4.98. The molecule has 0 N–H and O–H groups in total. The van der Waals surface area contributed by atoms with Crippen LogP contribution in [0.4, 0.5) is 0 Å². The molecule has 8 heteroatoms. The third-order valence-electron chi connectivity index (χ3n) is 8.06. The molecule has 8 nitrogen and oxygen atoms in total. The lowest BCUT2D eigenvalue weighted by Crippen LogP contribution is -2.14. The Labute approximate surface area is 339 Å². The minimum atomic E-state index is 0. The van der Waals surface area contributed by atoms with Crippen molar-refractivity contribution in [3.8, 4) is 0 Å². The number of rotatable bonds is 0. The summed E-state index contributed by atoms with van der Waals surface area (Å²) in [5, 5.41) is 8.96. The van der Waals surface area contributed by atoms with Gasteiger partial charge in [0.15, 0.2) is 0 Å². The summed E-state index contributed by atoms with van der Waals surface area (Å²) in [5.74, 6) is 0. The molecular formula is C48H70N8. The average molecular weight is 759 g/mol. The lowest BCUT2D eigenvalue weighted by Gasteiger charge is -2.18. The third kappa shape index (κ3) is 17.7. The van der Waals surface area contributed by atoms with E-state index in [0.717, 1.165) is 39.4 Å². The van der Waals surface area contributed by atoms with Gasteiger partial charge in [-0.3, -0.25) is 9.97 Å². The molecule has 0 aliphatic rings. The van der Waals surface area contributed by atoms with Gasteiger partial charge in [-0.1, -0.05) is 142 Å². The molecular weight excluding hydrogens is 689 g/mol. The summed E-state index contributed by atoms with van der Waals surface area (Å²) in [6.45, 7) is 34.3. The second-order valence-corrected chi connectivity index (χ2v) is 18.6. The zero-order chi connectivity index (χ0) is 41.5. The summed E-state index contributed by atoms with van der Waals surface area (Å²) in [4.78, 5) is 25.2. The Morgan fingerprint density at radius 2 is 0.964 bits per heavy atom. The Balaban J connectivity index is 0.000000351. The topological polar surface area (TPSA) is 103 Å². The fraction of sp³-hybridized carbons (Fsp3) is 0.458. The molecule has 5 aromatic heterocycles. The van der Waals surface area contributed by atoms with Gasteiger partial charge >= 0.3 is 0 Å². The van der Waals surface area contributed by atoms with Crippen molar-refractivity contribution >= 4 is 10.9 Å². The highest BCUT2D eigenvalue weighted by molar-refractivity contribution is 5.81. The quantitative estimate of drug-likeness (QED) is 0.151. The summed E-state index contributed by atoms with van der Waals surface area (Å²) >= 11 is 0. The first-order valence-electron chi connectivity index (χ1n) is 19.0. The normalized spacial score (nSPS) is 11.4. The molecule has 0 saturated heterocycles. The molecule has 0 unspecified atom stereocenters. The van der Waals surface area contributed by atoms with Crippen LogP contribution in [0.1, 0.15) is 145 Å². The smallest absolute Gasteiger partial charge is 0.116 e. The predicted octanol–water partition coefficient (Wildman–Crippen LogP) is 12.2. The molecule has 0 spiro atoms. The van der Waals surface area contributed by atoms with Gasteiger partial charge in [0.05, 0.1) is 16.9 Å². The van der Waals surface area contributed by atoms with Crippen LogP contribution in [0.5, 0.6) is 0 Å². The van der Waals surface area contributed by atoms with E-state index in [1.807, 2.05) is 60.9 Å². The van der Waals surface area contributed by atoms with E-state index < -0.39 is 0 Å². The number of para-hydroxylation sites is 1. The lowest BCUT2D eigenvalue weighted by molar-refractivity contribution is 0.558. The summed E-state index contributed by atoms with van der Waals surface area (Å²) in [6, 6.07) is 24.2. The Morgan fingerprint density at radius 1 is 0.411 bits per heavy atom. The lowest BCUT2D eigenvalue weighted by atomic mass is 9.89. The zero-order valence-corrected chi connectivity index (χ0v) is 36.5. The largest absolute Gasteiger partial charge is 0.261 e. The maximum atomic E-state index is 4.37. The summed E-state index contributed by atoms with van der Waals surface area (Å²) in [6.07, 6.45) is 10.4. The van der Waals surface area contributed by atoms with Crippen LogP contribution in [-0.2, 0) is 27.1 Å². The van der Waals surface area contributed by atoms with Gasteiger partial charge in [0.1, 0.15) is 12.7 Å². The Bertz CT molecular complexity index is 1820. The van der Waals surface area contributed by atoms with E-state index in [4.69, 9.17) is 0 Å². The fourth-order valence-electron chi connectivity index (χ4n) is 4.76. The van der Waals surface area contributed by atoms with E-state index in [1.54, 1.807) is 25.0 Å². The monoisotopic (exact) mass is 759 g/mol. The van der Waals surface area contributed by atoms with Gasteiger partial charge in [0, 0.05) is 74.3 Å². The van der Waals surface area contributed by atoms with Crippen molar-refractivity contribution in [3.05, 3.63) is 144 Å². The summed E-state index contributed by atoms with van der Waals surface area (Å²) in [7, 11) is 0. The Kier molecular flexibility index (Phi) is 18.7. The molecule has 0 radical (unpaired) electrons. The molecule has 1 aromatic carbocycles. The number of nitrogens with zero attached hydrogens (tertiary/aromatic N) is 8. The van der Waals surface area contributed by atoms with Crippen LogP contribution in [-0.4, -0.2) is 40.1 Å². The average Bonchev–Trinajstić information content (AvgIpc) is 3.12. The number of pyridine rings is 2. The molecule has 0 saturated carbocycles. The molecule has 0 aliphatic heterocycles. The van der Waals surface area contributed by atoms with E-state index in [0.29, 0.717) is 0 Å². The first-order chi connectivity index (χ1) is 25.4. The second-order valence-electron chi connectivity index (χ2n) is 18.6.